The van der Waals surface area contributed by atoms with Crippen LogP contribution in [0.25, 0.3) is 0 Å². The number of anilines is 1. The van der Waals surface area contributed by atoms with Gasteiger partial charge in [0.2, 0.25) is 11.0 Å². The standard InChI is InChI=1S/C20H31N7OS.HI/c1-4-6-14-28-18-16(8-7-9-22-18)15-23-19(21-3)26-10-12-27(13-11-26)20-24-17(5-2)25-29-20;/h7-9H,4-6,10-15H2,1-3H3,(H,21,23);1H. The van der Waals surface area contributed by atoms with E-state index in [1.807, 2.05) is 19.2 Å². The van der Waals surface area contributed by atoms with Crippen LogP contribution in [0.5, 0.6) is 5.88 Å². The molecule has 1 aliphatic rings. The van der Waals surface area contributed by atoms with Crippen LogP contribution in [0.2, 0.25) is 0 Å². The Balaban J connectivity index is 0.00000320. The van der Waals surface area contributed by atoms with Crippen molar-refractivity contribution in [1.82, 2.24) is 24.6 Å². The molecular formula is C20H32IN7OS. The van der Waals surface area contributed by atoms with Gasteiger partial charge in [-0.15, -0.1) is 24.0 Å². The number of piperazine rings is 1. The maximum absolute atomic E-state index is 5.84. The van der Waals surface area contributed by atoms with Crippen molar-refractivity contribution in [2.24, 2.45) is 4.99 Å². The van der Waals surface area contributed by atoms with Crippen LogP contribution in [0.4, 0.5) is 5.13 Å². The Morgan fingerprint density at radius 2 is 2.07 bits per heavy atom. The van der Waals surface area contributed by atoms with Crippen LogP contribution in [0, 0.1) is 0 Å². The minimum atomic E-state index is 0. The monoisotopic (exact) mass is 545 g/mol. The molecule has 166 valence electrons. The lowest BCUT2D eigenvalue weighted by molar-refractivity contribution is 0.294. The van der Waals surface area contributed by atoms with E-state index >= 15 is 0 Å². The largest absolute Gasteiger partial charge is 0.477 e. The fraction of sp³-hybridized carbons (Fsp3) is 0.600. The molecule has 3 heterocycles. The molecule has 0 atom stereocenters. The third kappa shape index (κ3) is 6.66. The third-order valence-electron chi connectivity index (χ3n) is 4.86. The molecule has 0 bridgehead atoms. The Bertz CT molecular complexity index is 793. The highest BCUT2D eigenvalue weighted by Gasteiger charge is 2.22. The second-order valence-corrected chi connectivity index (χ2v) is 7.62. The number of nitrogens with zero attached hydrogens (tertiary/aromatic N) is 6. The number of ether oxygens (including phenoxy) is 1. The Hall–Kier alpha value is -1.69. The summed E-state index contributed by atoms with van der Waals surface area (Å²) in [4.78, 5) is 18.1. The van der Waals surface area contributed by atoms with Crippen molar-refractivity contribution in [3.05, 3.63) is 29.7 Å². The molecule has 0 saturated carbocycles. The van der Waals surface area contributed by atoms with Crippen molar-refractivity contribution in [2.75, 3.05) is 44.7 Å². The molecule has 0 aliphatic carbocycles. The van der Waals surface area contributed by atoms with E-state index in [-0.39, 0.29) is 24.0 Å². The third-order valence-corrected chi connectivity index (χ3v) is 5.67. The van der Waals surface area contributed by atoms with E-state index in [2.05, 4.69) is 48.3 Å². The first kappa shape index (κ1) is 24.6. The van der Waals surface area contributed by atoms with Crippen LogP contribution >= 0.6 is 35.5 Å². The summed E-state index contributed by atoms with van der Waals surface area (Å²) >= 11 is 1.49. The quantitative estimate of drug-likeness (QED) is 0.236. The highest BCUT2D eigenvalue weighted by Crippen LogP contribution is 2.19. The number of unbranched alkanes of at least 4 members (excludes halogenated alkanes) is 1. The van der Waals surface area contributed by atoms with E-state index in [1.54, 1.807) is 6.20 Å². The number of guanidine groups is 1. The maximum atomic E-state index is 5.84. The van der Waals surface area contributed by atoms with Crippen molar-refractivity contribution >= 4 is 46.6 Å². The predicted octanol–water partition coefficient (Wildman–Crippen LogP) is 3.19. The number of nitrogens with one attached hydrogen (secondary N) is 1. The summed E-state index contributed by atoms with van der Waals surface area (Å²) in [7, 11) is 1.83. The molecule has 1 N–H and O–H groups in total. The number of aliphatic imine (C=N–C) groups is 1. The molecular weight excluding hydrogens is 513 g/mol. The molecule has 2 aromatic rings. The second kappa shape index (κ2) is 12.9. The van der Waals surface area contributed by atoms with Crippen molar-refractivity contribution < 1.29 is 4.74 Å². The van der Waals surface area contributed by atoms with Gasteiger partial charge >= 0.3 is 0 Å². The fourth-order valence-corrected chi connectivity index (χ4v) is 3.94. The molecule has 1 fully saturated rings. The van der Waals surface area contributed by atoms with Gasteiger partial charge in [0.05, 0.1) is 6.61 Å². The molecule has 30 heavy (non-hydrogen) atoms. The number of halogens is 1. The molecule has 1 saturated heterocycles. The lowest BCUT2D eigenvalue weighted by Crippen LogP contribution is -2.52. The lowest BCUT2D eigenvalue weighted by atomic mass is 10.2. The molecule has 8 nitrogen and oxygen atoms in total. The Morgan fingerprint density at radius 1 is 1.27 bits per heavy atom. The first-order valence-corrected chi connectivity index (χ1v) is 11.1. The molecule has 0 radical (unpaired) electrons. The average molecular weight is 545 g/mol. The molecule has 1 aliphatic heterocycles. The molecule has 2 aromatic heterocycles. The Kier molecular flexibility index (Phi) is 10.6. The van der Waals surface area contributed by atoms with Crippen LogP contribution in [0.1, 0.15) is 38.1 Å². The fourth-order valence-electron chi connectivity index (χ4n) is 3.13. The summed E-state index contributed by atoms with van der Waals surface area (Å²) in [6, 6.07) is 3.99. The minimum Gasteiger partial charge on any atom is -0.477 e. The predicted molar refractivity (Wildman–Crippen MR) is 133 cm³/mol. The highest BCUT2D eigenvalue weighted by atomic mass is 127. The molecule has 0 amide bonds. The van der Waals surface area contributed by atoms with Crippen molar-refractivity contribution in [2.45, 2.75) is 39.7 Å². The first-order chi connectivity index (χ1) is 14.2. The number of hydrogen-bond acceptors (Lipinski definition) is 7. The summed E-state index contributed by atoms with van der Waals surface area (Å²) in [5, 5.41) is 4.49. The summed E-state index contributed by atoms with van der Waals surface area (Å²) in [6.07, 6.45) is 4.79. The van der Waals surface area contributed by atoms with Gasteiger partial charge in [0, 0.05) is 69.5 Å². The van der Waals surface area contributed by atoms with Crippen molar-refractivity contribution in [3.63, 3.8) is 0 Å². The van der Waals surface area contributed by atoms with E-state index in [0.717, 1.165) is 67.9 Å². The zero-order chi connectivity index (χ0) is 20.5. The second-order valence-electron chi connectivity index (χ2n) is 6.89. The summed E-state index contributed by atoms with van der Waals surface area (Å²) in [6.45, 7) is 9.19. The van der Waals surface area contributed by atoms with Gasteiger partial charge in [-0.05, 0) is 12.5 Å². The van der Waals surface area contributed by atoms with Crippen LogP contribution < -0.4 is 15.0 Å². The molecule has 3 rings (SSSR count). The zero-order valence-electron chi connectivity index (χ0n) is 18.0. The Morgan fingerprint density at radius 3 is 2.73 bits per heavy atom. The van der Waals surface area contributed by atoms with E-state index in [4.69, 9.17) is 4.74 Å². The van der Waals surface area contributed by atoms with Gasteiger partial charge in [-0.25, -0.2) is 9.97 Å². The molecule has 0 aromatic carbocycles. The van der Waals surface area contributed by atoms with Gasteiger partial charge in [0.25, 0.3) is 0 Å². The number of pyridine rings is 1. The molecule has 10 heteroatoms. The van der Waals surface area contributed by atoms with Crippen LogP contribution in [-0.4, -0.2) is 65.0 Å². The number of aromatic nitrogens is 3. The normalized spacial score (nSPS) is 14.4. The minimum absolute atomic E-state index is 0. The van der Waals surface area contributed by atoms with Gasteiger partial charge in [0.1, 0.15) is 5.82 Å². The van der Waals surface area contributed by atoms with E-state index in [0.29, 0.717) is 19.0 Å². The SMILES string of the molecule is CCCCOc1ncccc1CNC(=NC)N1CCN(c2nc(CC)ns2)CC1.I. The maximum Gasteiger partial charge on any atom is 0.218 e. The van der Waals surface area contributed by atoms with Crippen LogP contribution in [0.3, 0.4) is 0 Å². The van der Waals surface area contributed by atoms with Crippen molar-refractivity contribution in [1.29, 1.82) is 0 Å². The lowest BCUT2D eigenvalue weighted by Gasteiger charge is -2.36. The summed E-state index contributed by atoms with van der Waals surface area (Å²) in [5.41, 5.74) is 1.05. The topological polar surface area (TPSA) is 78.8 Å². The zero-order valence-corrected chi connectivity index (χ0v) is 21.2. The van der Waals surface area contributed by atoms with Gasteiger partial charge in [-0.1, -0.05) is 26.3 Å². The van der Waals surface area contributed by atoms with E-state index in [1.165, 1.54) is 11.5 Å². The number of aryl methyl sites for hydroxylation is 1. The van der Waals surface area contributed by atoms with Gasteiger partial charge in [-0.2, -0.15) is 4.37 Å². The number of hydrogen-bond donors (Lipinski definition) is 1. The first-order valence-electron chi connectivity index (χ1n) is 10.3. The smallest absolute Gasteiger partial charge is 0.218 e. The summed E-state index contributed by atoms with van der Waals surface area (Å²) < 4.78 is 10.2. The van der Waals surface area contributed by atoms with Gasteiger partial charge in [-0.3, -0.25) is 4.99 Å². The van der Waals surface area contributed by atoms with Crippen molar-refractivity contribution in [3.8, 4) is 5.88 Å². The van der Waals surface area contributed by atoms with Crippen LogP contribution in [0.15, 0.2) is 23.3 Å². The molecule has 0 unspecified atom stereocenters. The van der Waals surface area contributed by atoms with E-state index in [9.17, 15) is 0 Å². The van der Waals surface area contributed by atoms with Crippen LogP contribution in [-0.2, 0) is 13.0 Å². The van der Waals surface area contributed by atoms with E-state index < -0.39 is 0 Å². The molecule has 0 spiro atoms. The average Bonchev–Trinajstić information content (AvgIpc) is 3.25. The van der Waals surface area contributed by atoms with Gasteiger partial charge in [0.15, 0.2) is 5.96 Å². The highest BCUT2D eigenvalue weighted by molar-refractivity contribution is 14.0. The number of rotatable bonds is 8. The summed E-state index contributed by atoms with van der Waals surface area (Å²) in [5.74, 6) is 2.54. The van der Waals surface area contributed by atoms with Gasteiger partial charge < -0.3 is 19.9 Å². The Labute approximate surface area is 200 Å².